The van der Waals surface area contributed by atoms with Gasteiger partial charge in [-0.1, -0.05) is 0 Å². The maximum Gasteiger partial charge on any atom is 0.166 e. The molecule has 8 heteroatoms. The minimum atomic E-state index is -0.657. The first-order valence-corrected chi connectivity index (χ1v) is 7.10. The van der Waals surface area contributed by atoms with Gasteiger partial charge in [-0.3, -0.25) is 0 Å². The van der Waals surface area contributed by atoms with Gasteiger partial charge in [0.05, 0.1) is 19.0 Å². The molecule has 3 atom stereocenters. The Morgan fingerprint density at radius 3 is 2.91 bits per heavy atom. The lowest BCUT2D eigenvalue weighted by atomic mass is 10.1. The van der Waals surface area contributed by atoms with E-state index in [9.17, 15) is 5.11 Å². The molecule has 0 spiro atoms. The summed E-state index contributed by atoms with van der Waals surface area (Å²) < 4.78 is 13.7. The molecule has 0 aromatic carbocycles. The van der Waals surface area contributed by atoms with Gasteiger partial charge in [0.15, 0.2) is 17.3 Å². The van der Waals surface area contributed by atoms with Crippen molar-refractivity contribution in [2.45, 2.75) is 37.9 Å². The molecule has 1 saturated heterocycles. The molecule has 2 aliphatic rings. The van der Waals surface area contributed by atoms with E-state index in [1.807, 2.05) is 24.5 Å². The Hall–Kier alpha value is -2.03. The highest BCUT2D eigenvalue weighted by Crippen LogP contribution is 2.43. The molecule has 1 fully saturated rings. The molecule has 2 aromatic rings. The zero-order chi connectivity index (χ0) is 15.5. The average Bonchev–Trinajstić information content (AvgIpc) is 3.08. The zero-order valence-corrected chi connectivity index (χ0v) is 12.3. The van der Waals surface area contributed by atoms with Crippen LogP contribution in [-0.2, 0) is 9.47 Å². The fourth-order valence-corrected chi connectivity index (χ4v) is 3.27. The van der Waals surface area contributed by atoms with Crippen molar-refractivity contribution >= 4 is 17.0 Å². The Morgan fingerprint density at radius 2 is 2.14 bits per heavy atom. The van der Waals surface area contributed by atoms with E-state index in [1.54, 1.807) is 6.33 Å². The van der Waals surface area contributed by atoms with Gasteiger partial charge in [0.2, 0.25) is 0 Å². The number of aliphatic hydroxyl groups is 1. The average molecular weight is 303 g/mol. The number of hydrogen-bond donors (Lipinski definition) is 2. The van der Waals surface area contributed by atoms with Crippen LogP contribution in [0.25, 0.3) is 11.2 Å². The van der Waals surface area contributed by atoms with Crippen LogP contribution >= 0.6 is 0 Å². The molecule has 0 amide bonds. The molecule has 0 unspecified atom stereocenters. The summed E-state index contributed by atoms with van der Waals surface area (Å²) in [6.07, 6.45) is 4.55. The number of imidazole rings is 1. The summed E-state index contributed by atoms with van der Waals surface area (Å²) in [5.74, 6) is -0.327. The van der Waals surface area contributed by atoms with E-state index >= 15 is 0 Å². The molecule has 0 bridgehead atoms. The number of anilines is 1. The van der Waals surface area contributed by atoms with E-state index in [1.165, 1.54) is 6.33 Å². The van der Waals surface area contributed by atoms with Crippen LogP contribution in [0, 0.1) is 0 Å². The lowest BCUT2D eigenvalue weighted by molar-refractivity contribution is -0.147. The number of ether oxygens (including phenoxy) is 2. The number of fused-ring (bicyclic) bond motifs is 2. The van der Waals surface area contributed by atoms with Crippen molar-refractivity contribution < 1.29 is 14.6 Å². The summed E-state index contributed by atoms with van der Waals surface area (Å²) >= 11 is 0. The van der Waals surface area contributed by atoms with Gasteiger partial charge >= 0.3 is 0 Å². The first kappa shape index (κ1) is 13.6. The van der Waals surface area contributed by atoms with Crippen molar-refractivity contribution in [3.8, 4) is 0 Å². The Balaban J connectivity index is 1.83. The highest BCUT2D eigenvalue weighted by atomic mass is 16.8. The van der Waals surface area contributed by atoms with Crippen molar-refractivity contribution in [3.63, 3.8) is 0 Å². The molecular formula is C14H17N5O3. The number of aromatic nitrogens is 4. The quantitative estimate of drug-likeness (QED) is 0.773. The van der Waals surface area contributed by atoms with Crippen molar-refractivity contribution in [3.05, 3.63) is 24.3 Å². The van der Waals surface area contributed by atoms with Gasteiger partial charge in [-0.15, -0.1) is 0 Å². The third-order valence-corrected chi connectivity index (χ3v) is 4.10. The highest BCUT2D eigenvalue weighted by molar-refractivity contribution is 5.81. The standard InChI is InChI=1S/C14H17N5O3/c1-14(2)21-8-3-7(4-20)10(11(8)22-14)19-6-18-9-12(15)16-5-17-13(9)19/h3,5-6,8,10-11,20H,4H2,1-2H3,(H2,15,16,17)/t8-,10-,11-/m1/s1. The molecule has 22 heavy (non-hydrogen) atoms. The fourth-order valence-electron chi connectivity index (χ4n) is 3.27. The number of nitrogens with zero attached hydrogens (tertiary/aromatic N) is 4. The number of nitrogen functional groups attached to an aromatic ring is 1. The van der Waals surface area contributed by atoms with Crippen LogP contribution in [0.4, 0.5) is 5.82 Å². The van der Waals surface area contributed by atoms with E-state index in [-0.39, 0.29) is 24.9 Å². The molecule has 1 aliphatic heterocycles. The predicted octanol–water partition coefficient (Wildman–Crippen LogP) is 0.402. The molecule has 0 radical (unpaired) electrons. The SMILES string of the molecule is CC1(C)O[C@H]2[C@H](n3cnc4c(N)ncnc43)C(CO)=C[C@H]2O1. The molecule has 8 nitrogen and oxygen atoms in total. The molecular weight excluding hydrogens is 286 g/mol. The van der Waals surface area contributed by atoms with Gasteiger partial charge in [-0.25, -0.2) is 15.0 Å². The van der Waals surface area contributed by atoms with Crippen LogP contribution < -0.4 is 5.73 Å². The summed E-state index contributed by atoms with van der Waals surface area (Å²) in [5.41, 5.74) is 7.82. The first-order valence-electron chi connectivity index (χ1n) is 7.10. The summed E-state index contributed by atoms with van der Waals surface area (Å²) in [6.45, 7) is 3.67. The topological polar surface area (TPSA) is 108 Å². The van der Waals surface area contributed by atoms with Crippen LogP contribution in [0.15, 0.2) is 24.3 Å². The van der Waals surface area contributed by atoms with Gasteiger partial charge < -0.3 is 24.9 Å². The number of hydrogen-bond acceptors (Lipinski definition) is 7. The second kappa shape index (κ2) is 4.48. The maximum absolute atomic E-state index is 9.68. The molecule has 3 heterocycles. The summed E-state index contributed by atoms with van der Waals surface area (Å²) in [4.78, 5) is 12.5. The van der Waals surface area contributed by atoms with Gasteiger partial charge in [-0.05, 0) is 25.5 Å². The van der Waals surface area contributed by atoms with E-state index in [4.69, 9.17) is 15.2 Å². The normalized spacial score (nSPS) is 29.8. The third-order valence-electron chi connectivity index (χ3n) is 4.10. The van der Waals surface area contributed by atoms with Gasteiger partial charge in [0.1, 0.15) is 24.1 Å². The fraction of sp³-hybridized carbons (Fsp3) is 0.500. The second-order valence-corrected chi connectivity index (χ2v) is 5.99. The van der Waals surface area contributed by atoms with Crippen LogP contribution in [0.2, 0.25) is 0 Å². The van der Waals surface area contributed by atoms with Crippen LogP contribution in [0.5, 0.6) is 0 Å². The summed E-state index contributed by atoms with van der Waals surface area (Å²) in [6, 6.07) is -0.226. The summed E-state index contributed by atoms with van der Waals surface area (Å²) in [5, 5.41) is 9.68. The number of nitrogens with two attached hydrogens (primary N) is 1. The molecule has 0 saturated carbocycles. The van der Waals surface area contributed by atoms with Crippen LogP contribution in [0.1, 0.15) is 19.9 Å². The largest absolute Gasteiger partial charge is 0.392 e. The van der Waals surface area contributed by atoms with Gasteiger partial charge in [-0.2, -0.15) is 0 Å². The Bertz CT molecular complexity index is 769. The van der Waals surface area contributed by atoms with Crippen molar-refractivity contribution in [2.24, 2.45) is 0 Å². The highest BCUT2D eigenvalue weighted by Gasteiger charge is 2.50. The maximum atomic E-state index is 9.68. The Morgan fingerprint density at radius 1 is 1.32 bits per heavy atom. The van der Waals surface area contributed by atoms with Gasteiger partial charge in [0, 0.05) is 0 Å². The van der Waals surface area contributed by atoms with E-state index in [0.717, 1.165) is 5.57 Å². The molecule has 3 N–H and O–H groups in total. The third kappa shape index (κ3) is 1.84. The van der Waals surface area contributed by atoms with Crippen LogP contribution in [0.3, 0.4) is 0 Å². The number of aliphatic hydroxyl groups excluding tert-OH is 1. The number of rotatable bonds is 2. The van der Waals surface area contributed by atoms with E-state index in [2.05, 4.69) is 15.0 Å². The van der Waals surface area contributed by atoms with Crippen molar-refractivity contribution in [2.75, 3.05) is 12.3 Å². The predicted molar refractivity (Wildman–Crippen MR) is 77.8 cm³/mol. The molecule has 1 aliphatic carbocycles. The Labute approximate surface area is 126 Å². The summed E-state index contributed by atoms with van der Waals surface area (Å²) in [7, 11) is 0. The lowest BCUT2D eigenvalue weighted by Crippen LogP contribution is -2.29. The first-order chi connectivity index (χ1) is 10.5. The van der Waals surface area contributed by atoms with Crippen molar-refractivity contribution in [1.29, 1.82) is 0 Å². The second-order valence-electron chi connectivity index (χ2n) is 5.99. The minimum absolute atomic E-state index is 0.0783. The smallest absolute Gasteiger partial charge is 0.166 e. The monoisotopic (exact) mass is 303 g/mol. The molecule has 2 aromatic heterocycles. The van der Waals surface area contributed by atoms with E-state index < -0.39 is 5.79 Å². The molecule has 116 valence electrons. The minimum Gasteiger partial charge on any atom is -0.392 e. The molecule has 4 rings (SSSR count). The van der Waals surface area contributed by atoms with Gasteiger partial charge in [0.25, 0.3) is 0 Å². The Kier molecular flexibility index (Phi) is 2.77. The van der Waals surface area contributed by atoms with Crippen molar-refractivity contribution in [1.82, 2.24) is 19.5 Å². The zero-order valence-electron chi connectivity index (χ0n) is 12.3. The van der Waals surface area contributed by atoms with Crippen LogP contribution in [-0.4, -0.2) is 49.2 Å². The lowest BCUT2D eigenvalue weighted by Gasteiger charge is -2.24. The van der Waals surface area contributed by atoms with E-state index in [0.29, 0.717) is 17.0 Å².